The van der Waals surface area contributed by atoms with Gasteiger partial charge in [-0.2, -0.15) is 0 Å². The number of anilines is 1. The zero-order chi connectivity index (χ0) is 12.5. The van der Waals surface area contributed by atoms with Crippen molar-refractivity contribution < 1.29 is 9.32 Å². The van der Waals surface area contributed by atoms with E-state index in [0.717, 1.165) is 29.2 Å². The number of fused-ring (bicyclic) bond motifs is 1. The van der Waals surface area contributed by atoms with E-state index in [9.17, 15) is 4.79 Å². The van der Waals surface area contributed by atoms with E-state index in [0.29, 0.717) is 13.0 Å². The molecular formula is C14H14N2O2. The van der Waals surface area contributed by atoms with Crippen LogP contribution in [0.3, 0.4) is 0 Å². The van der Waals surface area contributed by atoms with Gasteiger partial charge in [0.2, 0.25) is 0 Å². The standard InChI is InChI=1S/C14H14N2O2/c1-10-8-11(15-18-10)9-16-7-6-14(17)12-4-2-3-5-13(12)16/h2-5,8H,6-7,9H2,1H3. The van der Waals surface area contributed by atoms with Gasteiger partial charge in [0.25, 0.3) is 0 Å². The maximum atomic E-state index is 11.8. The minimum Gasteiger partial charge on any atom is -0.364 e. The molecule has 0 saturated heterocycles. The summed E-state index contributed by atoms with van der Waals surface area (Å²) in [5.74, 6) is 1.03. The Hall–Kier alpha value is -2.10. The van der Waals surface area contributed by atoms with E-state index in [4.69, 9.17) is 4.52 Å². The van der Waals surface area contributed by atoms with Crippen LogP contribution in [0.5, 0.6) is 0 Å². The van der Waals surface area contributed by atoms with Gasteiger partial charge in [-0.05, 0) is 19.1 Å². The number of aromatic nitrogens is 1. The van der Waals surface area contributed by atoms with Crippen LogP contribution >= 0.6 is 0 Å². The summed E-state index contributed by atoms with van der Waals surface area (Å²) >= 11 is 0. The lowest BCUT2D eigenvalue weighted by atomic mass is 10.0. The first kappa shape index (κ1) is 11.0. The van der Waals surface area contributed by atoms with Crippen molar-refractivity contribution in [3.8, 4) is 0 Å². The SMILES string of the molecule is Cc1cc(CN2CCC(=O)c3ccccc32)no1. The lowest BCUT2D eigenvalue weighted by Gasteiger charge is -2.29. The molecule has 2 heterocycles. The molecule has 4 heteroatoms. The van der Waals surface area contributed by atoms with Gasteiger partial charge in [0, 0.05) is 30.3 Å². The predicted octanol–water partition coefficient (Wildman–Crippen LogP) is 2.58. The van der Waals surface area contributed by atoms with Gasteiger partial charge in [-0.15, -0.1) is 0 Å². The molecule has 0 spiro atoms. The second-order valence-electron chi connectivity index (χ2n) is 4.54. The summed E-state index contributed by atoms with van der Waals surface area (Å²) in [5, 5.41) is 4.00. The van der Waals surface area contributed by atoms with Crippen LogP contribution in [-0.4, -0.2) is 17.5 Å². The zero-order valence-electron chi connectivity index (χ0n) is 10.2. The van der Waals surface area contributed by atoms with Gasteiger partial charge in [-0.25, -0.2) is 0 Å². The van der Waals surface area contributed by atoms with Crippen LogP contribution in [0.2, 0.25) is 0 Å². The zero-order valence-corrected chi connectivity index (χ0v) is 10.2. The van der Waals surface area contributed by atoms with Crippen molar-refractivity contribution >= 4 is 11.5 Å². The third-order valence-corrected chi connectivity index (χ3v) is 3.18. The first-order valence-corrected chi connectivity index (χ1v) is 6.03. The molecule has 0 saturated carbocycles. The smallest absolute Gasteiger partial charge is 0.166 e. The average molecular weight is 242 g/mol. The van der Waals surface area contributed by atoms with Gasteiger partial charge >= 0.3 is 0 Å². The first-order valence-electron chi connectivity index (χ1n) is 6.03. The lowest BCUT2D eigenvalue weighted by Crippen LogP contribution is -2.31. The second kappa shape index (κ2) is 4.29. The van der Waals surface area contributed by atoms with Crippen molar-refractivity contribution in [2.45, 2.75) is 19.9 Å². The van der Waals surface area contributed by atoms with Crippen molar-refractivity contribution in [2.24, 2.45) is 0 Å². The third-order valence-electron chi connectivity index (χ3n) is 3.18. The van der Waals surface area contributed by atoms with Crippen LogP contribution in [0, 0.1) is 6.92 Å². The van der Waals surface area contributed by atoms with Crippen LogP contribution in [0.15, 0.2) is 34.9 Å². The van der Waals surface area contributed by atoms with E-state index in [1.807, 2.05) is 37.3 Å². The Morgan fingerprint density at radius 2 is 2.22 bits per heavy atom. The van der Waals surface area contributed by atoms with Crippen LogP contribution in [-0.2, 0) is 6.54 Å². The fraction of sp³-hybridized carbons (Fsp3) is 0.286. The average Bonchev–Trinajstić information content (AvgIpc) is 2.79. The highest BCUT2D eigenvalue weighted by atomic mass is 16.5. The normalized spacial score (nSPS) is 14.7. The number of Topliss-reactive ketones (excluding diaryl/α,β-unsaturated/α-hetero) is 1. The summed E-state index contributed by atoms with van der Waals surface area (Å²) in [6, 6.07) is 9.66. The first-order chi connectivity index (χ1) is 8.74. The van der Waals surface area contributed by atoms with Crippen molar-refractivity contribution in [1.29, 1.82) is 0 Å². The molecule has 0 N–H and O–H groups in total. The Bertz CT molecular complexity index is 589. The molecule has 0 unspecified atom stereocenters. The van der Waals surface area contributed by atoms with Crippen LogP contribution in [0.4, 0.5) is 5.69 Å². The molecule has 1 aromatic heterocycles. The number of nitrogens with zero attached hydrogens (tertiary/aromatic N) is 2. The molecular weight excluding hydrogens is 228 g/mol. The molecule has 1 aliphatic heterocycles. The minimum absolute atomic E-state index is 0.221. The number of carbonyl (C=O) groups is 1. The summed E-state index contributed by atoms with van der Waals surface area (Å²) in [6.07, 6.45) is 0.563. The Morgan fingerprint density at radius 3 is 3.00 bits per heavy atom. The number of hydrogen-bond donors (Lipinski definition) is 0. The van der Waals surface area contributed by atoms with Gasteiger partial charge in [0.05, 0.1) is 6.54 Å². The monoisotopic (exact) mass is 242 g/mol. The Kier molecular flexibility index (Phi) is 2.63. The van der Waals surface area contributed by atoms with Crippen LogP contribution in [0.1, 0.15) is 28.2 Å². The molecule has 18 heavy (non-hydrogen) atoms. The summed E-state index contributed by atoms with van der Waals surface area (Å²) in [6.45, 7) is 3.30. The molecule has 0 radical (unpaired) electrons. The van der Waals surface area contributed by atoms with Gasteiger partial charge in [-0.1, -0.05) is 17.3 Å². The van der Waals surface area contributed by atoms with Crippen LogP contribution in [0.25, 0.3) is 0 Å². The highest BCUT2D eigenvalue weighted by Gasteiger charge is 2.23. The number of rotatable bonds is 2. The topological polar surface area (TPSA) is 46.3 Å². The highest BCUT2D eigenvalue weighted by Crippen LogP contribution is 2.27. The minimum atomic E-state index is 0.221. The van der Waals surface area contributed by atoms with E-state index >= 15 is 0 Å². The molecule has 0 aliphatic carbocycles. The molecule has 3 rings (SSSR count). The summed E-state index contributed by atoms with van der Waals surface area (Å²) < 4.78 is 5.07. The number of ketones is 1. The molecule has 1 aliphatic rings. The molecule has 0 atom stereocenters. The van der Waals surface area contributed by atoms with Crippen molar-refractivity contribution in [3.05, 3.63) is 47.3 Å². The lowest BCUT2D eigenvalue weighted by molar-refractivity contribution is 0.0979. The molecule has 92 valence electrons. The fourth-order valence-corrected chi connectivity index (χ4v) is 2.33. The summed E-state index contributed by atoms with van der Waals surface area (Å²) in [7, 11) is 0. The van der Waals surface area contributed by atoms with Gasteiger partial charge in [0.15, 0.2) is 5.78 Å². The maximum Gasteiger partial charge on any atom is 0.166 e. The second-order valence-corrected chi connectivity index (χ2v) is 4.54. The molecule has 0 amide bonds. The van der Waals surface area contributed by atoms with Crippen molar-refractivity contribution in [1.82, 2.24) is 5.16 Å². The van der Waals surface area contributed by atoms with E-state index in [1.165, 1.54) is 0 Å². The van der Waals surface area contributed by atoms with Gasteiger partial charge in [-0.3, -0.25) is 4.79 Å². The highest BCUT2D eigenvalue weighted by molar-refractivity contribution is 6.03. The van der Waals surface area contributed by atoms with Gasteiger partial charge in [0.1, 0.15) is 11.5 Å². The number of carbonyl (C=O) groups excluding carboxylic acids is 1. The quantitative estimate of drug-likeness (QED) is 0.812. The third kappa shape index (κ3) is 1.90. The maximum absolute atomic E-state index is 11.8. The van der Waals surface area contributed by atoms with Gasteiger partial charge < -0.3 is 9.42 Å². The van der Waals surface area contributed by atoms with E-state index in [1.54, 1.807) is 0 Å². The number of aryl methyl sites for hydroxylation is 1. The Labute approximate surface area is 105 Å². The molecule has 0 fully saturated rings. The summed E-state index contributed by atoms with van der Waals surface area (Å²) in [4.78, 5) is 14.0. The molecule has 4 nitrogen and oxygen atoms in total. The molecule has 1 aromatic carbocycles. The molecule has 0 bridgehead atoms. The van der Waals surface area contributed by atoms with Crippen molar-refractivity contribution in [3.63, 3.8) is 0 Å². The largest absolute Gasteiger partial charge is 0.364 e. The predicted molar refractivity (Wildman–Crippen MR) is 67.7 cm³/mol. The Balaban J connectivity index is 1.90. The van der Waals surface area contributed by atoms with Crippen molar-refractivity contribution in [2.75, 3.05) is 11.4 Å². The number of para-hydroxylation sites is 1. The van der Waals surface area contributed by atoms with E-state index < -0.39 is 0 Å². The summed E-state index contributed by atoms with van der Waals surface area (Å²) in [5.41, 5.74) is 2.70. The number of benzene rings is 1. The fourth-order valence-electron chi connectivity index (χ4n) is 2.33. The molecule has 2 aromatic rings. The van der Waals surface area contributed by atoms with Crippen LogP contribution < -0.4 is 4.90 Å². The number of hydrogen-bond acceptors (Lipinski definition) is 4. The van der Waals surface area contributed by atoms with E-state index in [-0.39, 0.29) is 5.78 Å². The Morgan fingerprint density at radius 1 is 1.39 bits per heavy atom. The van der Waals surface area contributed by atoms with E-state index in [2.05, 4.69) is 10.1 Å².